The summed E-state index contributed by atoms with van der Waals surface area (Å²) < 4.78 is 44.1. The Morgan fingerprint density at radius 2 is 1.52 bits per heavy atom. The number of methoxy groups -OCH3 is 5. The predicted octanol–water partition coefficient (Wildman–Crippen LogP) is 6.45. The maximum absolute atomic E-state index is 14.6. The lowest BCUT2D eigenvalue weighted by atomic mass is 9.42. The highest BCUT2D eigenvalue weighted by atomic mass is 16.6. The molecular formula is C51H77NO12. The lowest BCUT2D eigenvalue weighted by Crippen LogP contribution is -2.81. The van der Waals surface area contributed by atoms with E-state index in [1.807, 2.05) is 0 Å². The summed E-state index contributed by atoms with van der Waals surface area (Å²) in [4.78, 5) is 31.2. The molecular weight excluding hydrogens is 819 g/mol. The van der Waals surface area contributed by atoms with Crippen LogP contribution in [0.25, 0.3) is 0 Å². The number of piperidine rings is 1. The van der Waals surface area contributed by atoms with Crippen molar-refractivity contribution in [3.05, 3.63) is 54.1 Å². The Kier molecular flexibility index (Phi) is 15.7. The van der Waals surface area contributed by atoms with Gasteiger partial charge in [0.25, 0.3) is 0 Å². The fourth-order valence-corrected chi connectivity index (χ4v) is 14.5. The van der Waals surface area contributed by atoms with Crippen molar-refractivity contribution in [2.24, 2.45) is 34.5 Å². The van der Waals surface area contributed by atoms with E-state index in [0.29, 0.717) is 31.7 Å². The highest BCUT2D eigenvalue weighted by molar-refractivity contribution is 5.89. The topological polar surface area (TPSA) is 163 Å². The number of rotatable bonds is 24. The molecule has 1 aromatic carbocycles. The molecule has 3 N–H and O–H groups in total. The third kappa shape index (κ3) is 7.89. The van der Waals surface area contributed by atoms with Gasteiger partial charge in [-0.05, 0) is 81.7 Å². The van der Waals surface area contributed by atoms with Gasteiger partial charge in [0.1, 0.15) is 29.7 Å². The number of aliphatic hydroxyl groups is 3. The zero-order chi connectivity index (χ0) is 45.9. The number of hydrogen-bond donors (Lipinski definition) is 3. The molecule has 1 aromatic rings. The second-order valence-electron chi connectivity index (χ2n) is 19.6. The SMILES string of the molecule is CCCCC/C=C\C/C=C\CCCCCCCC(=O)O[C@]12[C@H]3[C@@H](OC(=O)c4ccc(OC)cc4)[C@@](O)(C[C@H]3[C@@]34[C@@H](OC)CC(O)[C@@]5(COC)CN(CC)[C@@H]3[C@@H]1[C@H](OC)[C@H]54)[C@@H](OC)[C@@H]2O. The van der Waals surface area contributed by atoms with E-state index in [1.54, 1.807) is 52.7 Å². The van der Waals surface area contributed by atoms with E-state index in [-0.39, 0.29) is 31.1 Å². The Labute approximate surface area is 381 Å². The third-order valence-corrected chi connectivity index (χ3v) is 16.8. The van der Waals surface area contributed by atoms with Gasteiger partial charge in [-0.3, -0.25) is 9.69 Å². The summed E-state index contributed by atoms with van der Waals surface area (Å²) in [5.74, 6) is -3.10. The summed E-state index contributed by atoms with van der Waals surface area (Å²) >= 11 is 0. The van der Waals surface area contributed by atoms with Crippen molar-refractivity contribution in [2.75, 3.05) is 55.2 Å². The van der Waals surface area contributed by atoms with Crippen molar-refractivity contribution in [3.63, 3.8) is 0 Å². The van der Waals surface area contributed by atoms with Gasteiger partial charge in [-0.15, -0.1) is 0 Å². The van der Waals surface area contributed by atoms with Crippen molar-refractivity contribution >= 4 is 11.9 Å². The number of nitrogens with zero attached hydrogens (tertiary/aromatic N) is 1. The van der Waals surface area contributed by atoms with Crippen LogP contribution in [0.5, 0.6) is 5.75 Å². The Morgan fingerprint density at radius 3 is 2.14 bits per heavy atom. The Balaban J connectivity index is 1.20. The van der Waals surface area contributed by atoms with Gasteiger partial charge in [0.2, 0.25) is 0 Å². The summed E-state index contributed by atoms with van der Waals surface area (Å²) in [6, 6.07) is 6.18. The summed E-state index contributed by atoms with van der Waals surface area (Å²) in [6.07, 6.45) is 14.9. The van der Waals surface area contributed by atoms with Gasteiger partial charge < -0.3 is 48.5 Å². The zero-order valence-electron chi connectivity index (χ0n) is 39.5. The second kappa shape index (κ2) is 20.6. The molecule has 64 heavy (non-hydrogen) atoms. The van der Waals surface area contributed by atoms with E-state index >= 15 is 0 Å². The average molecular weight is 896 g/mol. The highest BCUT2D eigenvalue weighted by Gasteiger charge is 2.92. The second-order valence-corrected chi connectivity index (χ2v) is 19.6. The molecule has 358 valence electrons. The molecule has 5 aliphatic carbocycles. The fourth-order valence-electron chi connectivity index (χ4n) is 14.5. The van der Waals surface area contributed by atoms with Gasteiger partial charge in [-0.2, -0.15) is 0 Å². The van der Waals surface area contributed by atoms with Crippen LogP contribution in [0, 0.1) is 34.5 Å². The Bertz CT molecular complexity index is 1790. The number of fused-ring (bicyclic) bond motifs is 2. The van der Waals surface area contributed by atoms with E-state index in [9.17, 15) is 24.9 Å². The van der Waals surface area contributed by atoms with Crippen molar-refractivity contribution < 1.29 is 58.1 Å². The third-order valence-electron chi connectivity index (χ3n) is 16.8. The van der Waals surface area contributed by atoms with Crippen LogP contribution in [-0.2, 0) is 33.2 Å². The fraction of sp³-hybridized carbons (Fsp3) is 0.765. The van der Waals surface area contributed by atoms with Crippen molar-refractivity contribution in [2.45, 2.75) is 158 Å². The number of likely N-dealkylation sites (tertiary alicyclic amines) is 1. The van der Waals surface area contributed by atoms with Crippen LogP contribution >= 0.6 is 0 Å². The van der Waals surface area contributed by atoms with Crippen LogP contribution < -0.4 is 4.74 Å². The number of allylic oxidation sites excluding steroid dienone is 4. The first-order chi connectivity index (χ1) is 31.0. The summed E-state index contributed by atoms with van der Waals surface area (Å²) in [5, 5.41) is 38.5. The maximum atomic E-state index is 14.6. The number of carbonyl (C=O) groups excluding carboxylic acids is 2. The molecule has 13 nitrogen and oxygen atoms in total. The van der Waals surface area contributed by atoms with Gasteiger partial charge >= 0.3 is 11.9 Å². The number of esters is 2. The summed E-state index contributed by atoms with van der Waals surface area (Å²) in [7, 11) is 7.92. The van der Waals surface area contributed by atoms with E-state index in [1.165, 1.54) is 26.4 Å². The molecule has 1 aliphatic heterocycles. The quantitative estimate of drug-likeness (QED) is 0.0591. The van der Waals surface area contributed by atoms with Gasteiger partial charge in [0.15, 0.2) is 5.60 Å². The number of aliphatic hydroxyl groups excluding tert-OH is 2. The molecule has 1 saturated heterocycles. The van der Waals surface area contributed by atoms with Gasteiger partial charge in [-0.25, -0.2) is 4.79 Å². The molecule has 0 amide bonds. The van der Waals surface area contributed by atoms with Crippen LogP contribution in [0.1, 0.15) is 114 Å². The molecule has 6 aliphatic rings. The first-order valence-electron chi connectivity index (χ1n) is 24.2. The number of ether oxygens (including phenoxy) is 7. The first-order valence-corrected chi connectivity index (χ1v) is 24.2. The Morgan fingerprint density at radius 1 is 0.828 bits per heavy atom. The van der Waals surface area contributed by atoms with Crippen LogP contribution in [-0.4, -0.2) is 141 Å². The zero-order valence-corrected chi connectivity index (χ0v) is 39.5. The standard InChI is InChI=1S/C51H77NO12/c1-8-10-11-12-13-14-15-16-17-18-19-20-21-22-23-24-38(54)64-51-39-35(30-49(57,46(62-7)44(51)55)45(39)63-47(56)33-25-27-34(59-4)28-26-33)50-37(60-5)29-36(53)48(32-58-3)31-52(9-2)43(50)40(51)41(61-6)42(48)50/h13-14,16-17,25-28,35-37,39-46,53,55,57H,8-12,15,18-24,29-32H2,1-7H3/b14-13-,17-16-/t35-,36?,37+,39-,40+,41+,42-,43-,44+,45-,46+,48+,49+,50+,51-/m1/s1. The maximum Gasteiger partial charge on any atom is 0.338 e. The van der Waals surface area contributed by atoms with E-state index in [2.05, 4.69) is 43.1 Å². The van der Waals surface area contributed by atoms with Crippen LogP contribution in [0.3, 0.4) is 0 Å². The van der Waals surface area contributed by atoms with Crippen molar-refractivity contribution in [1.82, 2.24) is 4.90 Å². The molecule has 15 atom stereocenters. The van der Waals surface area contributed by atoms with Crippen molar-refractivity contribution in [3.8, 4) is 5.75 Å². The number of carbonyl (C=O) groups is 2. The molecule has 13 heteroatoms. The molecule has 5 saturated carbocycles. The van der Waals surface area contributed by atoms with Crippen LogP contribution in [0.15, 0.2) is 48.6 Å². The molecule has 7 bridgehead atoms. The first kappa shape index (κ1) is 49.0. The van der Waals surface area contributed by atoms with Gasteiger partial charge in [0.05, 0.1) is 37.6 Å². The summed E-state index contributed by atoms with van der Waals surface area (Å²) in [5.41, 5.74) is -5.02. The predicted molar refractivity (Wildman–Crippen MR) is 241 cm³/mol. The number of unbranched alkanes of at least 4 members (excludes halogenated alkanes) is 8. The molecule has 1 spiro atoms. The monoisotopic (exact) mass is 896 g/mol. The number of hydrogen-bond acceptors (Lipinski definition) is 13. The lowest BCUT2D eigenvalue weighted by Gasteiger charge is -2.70. The minimum Gasteiger partial charge on any atom is -0.497 e. The minimum absolute atomic E-state index is 0.0603. The van der Waals surface area contributed by atoms with Crippen LogP contribution in [0.4, 0.5) is 0 Å². The van der Waals surface area contributed by atoms with E-state index < -0.39 is 94.3 Å². The van der Waals surface area contributed by atoms with Gasteiger partial charge in [0, 0.05) is 82.5 Å². The molecule has 1 heterocycles. The van der Waals surface area contributed by atoms with E-state index in [4.69, 9.17) is 33.2 Å². The smallest absolute Gasteiger partial charge is 0.338 e. The average Bonchev–Trinajstić information content (AvgIpc) is 3.67. The Hall–Kier alpha value is -2.88. The number of benzene rings is 1. The normalized spacial score (nSPS) is 39.4. The molecule has 0 aromatic heterocycles. The lowest BCUT2D eigenvalue weighted by molar-refractivity contribution is -0.323. The van der Waals surface area contributed by atoms with Crippen LogP contribution in [0.2, 0.25) is 0 Å². The highest BCUT2D eigenvalue weighted by Crippen LogP contribution is 2.80. The summed E-state index contributed by atoms with van der Waals surface area (Å²) in [6.45, 7) is 5.60. The van der Waals surface area contributed by atoms with Gasteiger partial charge in [-0.1, -0.05) is 70.3 Å². The minimum atomic E-state index is -1.88. The molecule has 0 radical (unpaired) electrons. The molecule has 6 fully saturated rings. The molecule has 7 rings (SSSR count). The largest absolute Gasteiger partial charge is 0.497 e. The van der Waals surface area contributed by atoms with Crippen molar-refractivity contribution in [1.29, 1.82) is 0 Å². The molecule has 1 unspecified atom stereocenters. The van der Waals surface area contributed by atoms with E-state index in [0.717, 1.165) is 44.9 Å².